The molecule has 0 amide bonds. The van der Waals surface area contributed by atoms with Gasteiger partial charge in [0.2, 0.25) is 20.0 Å². The highest BCUT2D eigenvalue weighted by atomic mass is 32.2. The van der Waals surface area contributed by atoms with Gasteiger partial charge in [-0.05, 0) is 88.7 Å². The number of nitrogens with zero attached hydrogens (tertiary/aromatic N) is 10. The predicted octanol–water partition coefficient (Wildman–Crippen LogP) is 7.62. The zero-order chi connectivity index (χ0) is 65.2. The van der Waals surface area contributed by atoms with Crippen LogP contribution in [0.2, 0.25) is 0 Å². The number of hydrogen-bond donors (Lipinski definition) is 2. The van der Waals surface area contributed by atoms with Crippen LogP contribution in [0.3, 0.4) is 0 Å². The summed E-state index contributed by atoms with van der Waals surface area (Å²) in [5, 5.41) is 31.7. The molecular weight excluding hydrogens is 1280 g/mol. The SMILES string of the molecule is CS(=O)(=O)N1CCc2c(c(-c3ccc(C(F)(F)F)c(SCCN4CCC(F)CC4)c3)nn2CC(CN2CCC[C@@H](C(=O)O)C2)OC(=O)[C@@H]2CCCN(C[C@H](O)Cn3nc(-c4ccc(C(F)(F)F)c(SCCN5CCC(F)CC5)c4)c4c3CCN(S(C)(=O)=O)C4)C2)C1. The van der Waals surface area contributed by atoms with E-state index in [2.05, 4.69) is 0 Å². The van der Waals surface area contributed by atoms with Gasteiger partial charge < -0.3 is 24.7 Å². The van der Waals surface area contributed by atoms with E-state index in [4.69, 9.17) is 14.9 Å². The number of carboxylic acids is 1. The highest BCUT2D eigenvalue weighted by molar-refractivity contribution is 7.99. The van der Waals surface area contributed by atoms with Crippen LogP contribution >= 0.6 is 23.5 Å². The zero-order valence-corrected chi connectivity index (χ0v) is 54.3. The molecule has 6 aliphatic rings. The summed E-state index contributed by atoms with van der Waals surface area (Å²) < 4.78 is 179. The van der Waals surface area contributed by atoms with Crippen LogP contribution in [0.1, 0.15) is 85.0 Å². The lowest BCUT2D eigenvalue weighted by Crippen LogP contribution is -2.47. The molecule has 2 aromatic heterocycles. The highest BCUT2D eigenvalue weighted by Gasteiger charge is 2.40. The normalized spacial score (nSPS) is 22.0. The molecule has 0 spiro atoms. The molecule has 19 nitrogen and oxygen atoms in total. The van der Waals surface area contributed by atoms with Crippen molar-refractivity contribution >= 4 is 55.5 Å². The maximum atomic E-state index is 14.6. The van der Waals surface area contributed by atoms with E-state index < -0.39 is 91.9 Å². The topological polar surface area (TPSA) is 207 Å². The molecule has 2 N–H and O–H groups in total. The summed E-state index contributed by atoms with van der Waals surface area (Å²) in [6.07, 6.45) is -7.30. The van der Waals surface area contributed by atoms with Crippen LogP contribution in [-0.4, -0.2) is 227 Å². The van der Waals surface area contributed by atoms with Gasteiger partial charge in [0.25, 0.3) is 0 Å². The number of piperidine rings is 4. The molecule has 6 aliphatic heterocycles. The zero-order valence-electron chi connectivity index (χ0n) is 51.0. The van der Waals surface area contributed by atoms with Crippen LogP contribution in [-0.2, 0) is 85.7 Å². The summed E-state index contributed by atoms with van der Waals surface area (Å²) in [4.78, 5) is 34.7. The van der Waals surface area contributed by atoms with Crippen LogP contribution in [0.5, 0.6) is 0 Å². The number of β-amino-alcohol motifs (C(OH)–C–C–N with tert-alkyl or cyclic N) is 1. The summed E-state index contributed by atoms with van der Waals surface area (Å²) in [6.45, 7) is 4.22. The molecule has 0 saturated carbocycles. The molecule has 504 valence electrons. The van der Waals surface area contributed by atoms with Gasteiger partial charge in [-0.15, -0.1) is 23.5 Å². The third-order valence-corrected chi connectivity index (χ3v) is 22.9. The first-order valence-electron chi connectivity index (χ1n) is 31.1. The number of aliphatic hydroxyl groups excluding tert-OH is 1. The average Bonchev–Trinajstić information content (AvgIpc) is 1.69. The number of alkyl halides is 8. The maximum absolute atomic E-state index is 14.6. The first-order chi connectivity index (χ1) is 43.0. The second-order valence-corrected chi connectivity index (χ2v) is 31.2. The maximum Gasteiger partial charge on any atom is 0.417 e. The molecule has 0 aliphatic carbocycles. The lowest BCUT2D eigenvalue weighted by Gasteiger charge is -2.35. The number of ether oxygens (including phenoxy) is 1. The number of likely N-dealkylation sites (tertiary alicyclic amines) is 4. The summed E-state index contributed by atoms with van der Waals surface area (Å²) >= 11 is 2.05. The minimum Gasteiger partial charge on any atom is -0.481 e. The predicted molar refractivity (Wildman–Crippen MR) is 328 cm³/mol. The van der Waals surface area contributed by atoms with E-state index in [1.54, 1.807) is 9.36 Å². The number of thioether (sulfide) groups is 2. The summed E-state index contributed by atoms with van der Waals surface area (Å²) in [5.41, 5.74) is 1.68. The van der Waals surface area contributed by atoms with Crippen molar-refractivity contribution in [2.24, 2.45) is 11.8 Å². The summed E-state index contributed by atoms with van der Waals surface area (Å²) in [7, 11) is -7.46. The van der Waals surface area contributed by atoms with Crippen LogP contribution < -0.4 is 0 Å². The second-order valence-electron chi connectivity index (χ2n) is 25.0. The Morgan fingerprint density at radius 3 is 1.49 bits per heavy atom. The minimum absolute atomic E-state index is 0.0364. The smallest absolute Gasteiger partial charge is 0.417 e. The van der Waals surface area contributed by atoms with Crippen molar-refractivity contribution in [3.05, 3.63) is 70.0 Å². The van der Waals surface area contributed by atoms with Gasteiger partial charge in [-0.2, -0.15) is 45.2 Å². The van der Waals surface area contributed by atoms with Crippen molar-refractivity contribution in [1.82, 2.24) is 47.8 Å². The quantitative estimate of drug-likeness (QED) is 0.0416. The van der Waals surface area contributed by atoms with Crippen molar-refractivity contribution in [2.75, 3.05) is 116 Å². The van der Waals surface area contributed by atoms with Gasteiger partial charge in [-0.1, -0.05) is 12.1 Å². The van der Waals surface area contributed by atoms with Crippen LogP contribution in [0.4, 0.5) is 35.1 Å². The van der Waals surface area contributed by atoms with E-state index in [-0.39, 0.29) is 105 Å². The molecule has 4 aromatic rings. The molecule has 10 rings (SSSR count). The average molecular weight is 1370 g/mol. The Kier molecular flexibility index (Phi) is 22.3. The fraction of sp³-hybridized carbons (Fsp3) is 0.667. The van der Waals surface area contributed by atoms with Gasteiger partial charge in [-0.3, -0.25) is 28.8 Å². The number of halogens is 8. The third kappa shape index (κ3) is 17.7. The lowest BCUT2D eigenvalue weighted by molar-refractivity contribution is -0.159. The fourth-order valence-corrected chi connectivity index (χ4v) is 17.2. The number of sulfonamides is 2. The van der Waals surface area contributed by atoms with Crippen LogP contribution in [0, 0.1) is 11.8 Å². The molecule has 4 saturated heterocycles. The first-order valence-corrected chi connectivity index (χ1v) is 36.8. The molecular formula is C60H80F8N10O9S4. The van der Waals surface area contributed by atoms with Gasteiger partial charge in [0.15, 0.2) is 0 Å². The number of carboxylic acid groups (broad SMARTS) is 1. The Labute approximate surface area is 534 Å². The number of fused-ring (bicyclic) bond motifs is 2. The number of hydrogen-bond acceptors (Lipinski definition) is 16. The summed E-state index contributed by atoms with van der Waals surface area (Å²) in [6, 6.07) is 7.44. The molecule has 8 heterocycles. The number of benzene rings is 2. The van der Waals surface area contributed by atoms with E-state index in [1.807, 2.05) is 19.6 Å². The Bertz CT molecular complexity index is 3450. The standard InChI is InChI=1S/C60H80F8N10O9S4/c1-90(83,84)75-23-15-51-47(37-75)55(39-7-9-49(59(63,64)65)53(29-39)88-27-25-71-19-11-43(61)12-20-71)69-77(51)34-45(79)33-73-17-4-6-42(32-73)58(82)87-46(35-74-18-3-5-41(31-74)57(80)81)36-78-52-16-24-76(91(2,85)86)38-48(52)56(70-78)40-8-10-50(60(66,67)68)54(30-40)89-28-26-72-21-13-44(62)14-22-72/h7-10,29-30,41-46,79H,3-6,11-28,31-38H2,1-2H3,(H,80,81)/t41-,42-,45+,46?/m1/s1. The third-order valence-electron chi connectivity index (χ3n) is 18.3. The van der Waals surface area contributed by atoms with Gasteiger partial charge in [-0.25, -0.2) is 25.6 Å². The number of rotatable bonds is 23. The first kappa shape index (κ1) is 69.4. The fourth-order valence-electron chi connectivity index (χ4n) is 13.4. The Hall–Kier alpha value is -4.44. The van der Waals surface area contributed by atoms with Gasteiger partial charge in [0.1, 0.15) is 18.4 Å². The van der Waals surface area contributed by atoms with Gasteiger partial charge >= 0.3 is 24.3 Å². The number of carbonyl (C=O) groups excluding carboxylic acids is 1. The number of esters is 1. The van der Waals surface area contributed by atoms with Gasteiger partial charge in [0, 0.05) is 159 Å². The molecule has 1 unspecified atom stereocenters. The number of aliphatic hydroxyl groups is 1. The van der Waals surface area contributed by atoms with E-state index in [0.29, 0.717) is 143 Å². The monoisotopic (exact) mass is 1360 g/mol. The lowest BCUT2D eigenvalue weighted by atomic mass is 9.97. The van der Waals surface area contributed by atoms with Crippen molar-refractivity contribution in [1.29, 1.82) is 0 Å². The van der Waals surface area contributed by atoms with Crippen molar-refractivity contribution in [3.63, 3.8) is 0 Å². The van der Waals surface area contributed by atoms with Crippen molar-refractivity contribution in [2.45, 2.75) is 137 Å². The van der Waals surface area contributed by atoms with E-state index in [9.17, 15) is 71.8 Å². The Morgan fingerprint density at radius 2 is 1.04 bits per heavy atom. The van der Waals surface area contributed by atoms with Gasteiger partial charge in [0.05, 0.1) is 66.1 Å². The largest absolute Gasteiger partial charge is 0.481 e. The summed E-state index contributed by atoms with van der Waals surface area (Å²) in [5.74, 6) is -2.30. The molecule has 4 fully saturated rings. The van der Waals surface area contributed by atoms with E-state index in [0.717, 1.165) is 48.2 Å². The van der Waals surface area contributed by atoms with E-state index >= 15 is 0 Å². The molecule has 4 atom stereocenters. The number of aliphatic carboxylic acids is 1. The van der Waals surface area contributed by atoms with Crippen LogP contribution in [0.25, 0.3) is 22.5 Å². The van der Waals surface area contributed by atoms with E-state index in [1.165, 1.54) is 32.9 Å². The number of aromatic nitrogens is 4. The van der Waals surface area contributed by atoms with Crippen molar-refractivity contribution < 1.29 is 76.5 Å². The molecule has 2 aromatic carbocycles. The second kappa shape index (κ2) is 29.3. The van der Waals surface area contributed by atoms with Crippen molar-refractivity contribution in [3.8, 4) is 22.5 Å². The molecule has 0 bridgehead atoms. The highest BCUT2D eigenvalue weighted by Crippen LogP contribution is 2.43. The molecule has 31 heteroatoms. The Morgan fingerprint density at radius 1 is 0.604 bits per heavy atom. The molecule has 0 radical (unpaired) electrons. The number of carbonyl (C=O) groups is 2. The Balaban J connectivity index is 0.871. The van der Waals surface area contributed by atoms with Crippen LogP contribution in [0.15, 0.2) is 46.2 Å². The minimum atomic E-state index is -4.70. The molecule has 91 heavy (non-hydrogen) atoms.